The van der Waals surface area contributed by atoms with Gasteiger partial charge in [0.2, 0.25) is 11.8 Å². The van der Waals surface area contributed by atoms with Gasteiger partial charge in [0.05, 0.1) is 30.9 Å². The highest BCUT2D eigenvalue weighted by atomic mass is 35.5. The predicted octanol–water partition coefficient (Wildman–Crippen LogP) is 7.50. The van der Waals surface area contributed by atoms with E-state index in [1.54, 1.807) is 38.5 Å². The molecule has 2 N–H and O–H groups in total. The monoisotopic (exact) mass is 953 g/mol. The molecule has 2 saturated heterocycles. The van der Waals surface area contributed by atoms with Gasteiger partial charge in [-0.1, -0.05) is 62.0 Å². The molecule has 0 spiro atoms. The van der Waals surface area contributed by atoms with Gasteiger partial charge in [-0.2, -0.15) is 0 Å². The van der Waals surface area contributed by atoms with E-state index in [4.69, 9.17) is 71.1 Å². The molecule has 0 aliphatic carbocycles. The summed E-state index contributed by atoms with van der Waals surface area (Å²) < 4.78 is 21.1. The third-order valence-corrected chi connectivity index (χ3v) is 13.1. The van der Waals surface area contributed by atoms with Gasteiger partial charge in [-0.25, -0.2) is 9.59 Å². The summed E-state index contributed by atoms with van der Waals surface area (Å²) in [6.45, 7) is 0.175. The first-order chi connectivity index (χ1) is 29.0. The van der Waals surface area contributed by atoms with Crippen LogP contribution in [0.4, 0.5) is 0 Å². The number of methoxy groups -OCH3 is 2. The molecule has 18 heteroatoms. The Hall–Kier alpha value is -3.89. The number of rotatable bonds is 14. The summed E-state index contributed by atoms with van der Waals surface area (Å²) in [4.78, 5) is 65.8. The summed E-state index contributed by atoms with van der Waals surface area (Å²) in [5.74, 6) is 0.781. The van der Waals surface area contributed by atoms with Crippen LogP contribution in [0, 0.1) is 5.92 Å². The van der Waals surface area contributed by atoms with Crippen molar-refractivity contribution in [2.45, 2.75) is 50.3 Å². The number of amides is 2. The van der Waals surface area contributed by atoms with Gasteiger partial charge in [0, 0.05) is 36.1 Å². The van der Waals surface area contributed by atoms with Gasteiger partial charge in [-0.05, 0) is 52.1 Å². The second-order valence-electron chi connectivity index (χ2n) is 13.5. The number of esters is 2. The number of β-lactam (4-membered cyclic amide) rings is 2. The summed E-state index contributed by atoms with van der Waals surface area (Å²) in [6.07, 6.45) is 0.452. The maximum absolute atomic E-state index is 13.0. The number of ether oxygens (including phenoxy) is 4. The third-order valence-electron chi connectivity index (χ3n) is 9.70. The van der Waals surface area contributed by atoms with E-state index in [1.165, 1.54) is 33.3 Å². The number of carbonyl (C=O) groups excluding carboxylic acids is 5. The van der Waals surface area contributed by atoms with Crippen molar-refractivity contribution in [3.8, 4) is 11.5 Å². The first kappa shape index (κ1) is 49.8. The third kappa shape index (κ3) is 12.2. The lowest BCUT2D eigenvalue weighted by Crippen LogP contribution is -2.68. The molecule has 328 valence electrons. The summed E-state index contributed by atoms with van der Waals surface area (Å²) in [5, 5.41) is -0.277. The Balaban J connectivity index is 0.000000259. The van der Waals surface area contributed by atoms with Crippen molar-refractivity contribution >= 4 is 99.5 Å². The summed E-state index contributed by atoms with van der Waals surface area (Å²) in [7, 11) is 3.17. The number of fused-ring (bicyclic) bond motifs is 2. The molecule has 2 fully saturated rings. The van der Waals surface area contributed by atoms with E-state index in [1.807, 2.05) is 54.6 Å². The first-order valence-corrected chi connectivity index (χ1v) is 22.7. The SMILES string of the molecule is C.COc1ccc(COC(=O)C2=C(CCl)CS[C@@H]3[C@H](CC(=O)Cc4ccccc4)C(=O)N23)cc1.COc1ccc(COC(=O)C2=C(CCl)CS[C@@H]3[C@H](N)C(=O)N23)cc1.ClCCl. The van der Waals surface area contributed by atoms with Gasteiger partial charge in [0.1, 0.15) is 53.3 Å². The van der Waals surface area contributed by atoms with Gasteiger partial charge < -0.3 is 24.7 Å². The molecule has 4 aliphatic heterocycles. The molecule has 0 radical (unpaired) electrons. The number of ketones is 1. The Morgan fingerprint density at radius 2 is 1.11 bits per heavy atom. The second-order valence-corrected chi connectivity index (χ2v) is 17.0. The Morgan fingerprint density at radius 3 is 1.56 bits per heavy atom. The lowest BCUT2D eigenvalue weighted by Gasteiger charge is -2.49. The quantitative estimate of drug-likeness (QED) is 0.0968. The number of hydrogen-bond acceptors (Lipinski definition) is 12. The van der Waals surface area contributed by atoms with Crippen molar-refractivity contribution in [2.75, 3.05) is 42.8 Å². The molecule has 7 rings (SSSR count). The van der Waals surface area contributed by atoms with E-state index in [0.717, 1.165) is 22.4 Å². The number of nitrogens with two attached hydrogens (primary N) is 1. The van der Waals surface area contributed by atoms with Crippen molar-refractivity contribution in [3.63, 3.8) is 0 Å². The smallest absolute Gasteiger partial charge is 0.355 e. The van der Waals surface area contributed by atoms with E-state index >= 15 is 0 Å². The minimum atomic E-state index is -0.575. The predicted molar refractivity (Wildman–Crippen MR) is 242 cm³/mol. The molecule has 12 nitrogen and oxygen atoms in total. The van der Waals surface area contributed by atoms with E-state index in [2.05, 4.69) is 0 Å². The average molecular weight is 956 g/mol. The van der Waals surface area contributed by atoms with Gasteiger partial charge in [-0.3, -0.25) is 24.2 Å². The standard InChI is InChI=1S/C25H24ClNO5S.C16H17ClN2O4S.CH2Cl2.CH4/c1-31-20-9-7-17(8-10-20)14-32-25(30)22-18(13-26)15-33-24-21(23(29)27(22)24)12-19(28)11-16-5-3-2-4-6-16;1-22-11-4-2-9(3-5-11)7-23-16(21)13-10(6-17)8-24-15-12(18)14(20)19(13)15;2-1-3;/h2-10,21,24H,11-15H2,1H3;2-5,12,15H,6-8,18H2,1H3;1H2;1H4/t21-,24-;12-,15-;;/m11../s1. The number of alkyl halides is 4. The summed E-state index contributed by atoms with van der Waals surface area (Å²) in [6, 6.07) is 23.3. The average Bonchev–Trinajstić information content (AvgIpc) is 3.28. The molecule has 4 atom stereocenters. The van der Waals surface area contributed by atoms with Crippen molar-refractivity contribution in [1.29, 1.82) is 0 Å². The highest BCUT2D eigenvalue weighted by Crippen LogP contribution is 2.46. The molecule has 0 saturated carbocycles. The van der Waals surface area contributed by atoms with E-state index in [0.29, 0.717) is 34.8 Å². The van der Waals surface area contributed by atoms with Crippen LogP contribution in [0.15, 0.2) is 101 Å². The molecule has 0 bridgehead atoms. The van der Waals surface area contributed by atoms with Crippen LogP contribution >= 0.6 is 69.9 Å². The lowest BCUT2D eigenvalue weighted by atomic mass is 9.89. The number of benzene rings is 3. The fourth-order valence-electron chi connectivity index (χ4n) is 6.60. The van der Waals surface area contributed by atoms with Gasteiger partial charge in [0.25, 0.3) is 0 Å². The number of Topliss-reactive ketones (excluding diaryl/α,β-unsaturated/α-hetero) is 1. The van der Waals surface area contributed by atoms with Crippen LogP contribution in [-0.2, 0) is 53.1 Å². The number of halogens is 4. The van der Waals surface area contributed by atoms with Gasteiger partial charge in [0.15, 0.2) is 0 Å². The Morgan fingerprint density at radius 1 is 0.672 bits per heavy atom. The van der Waals surface area contributed by atoms with E-state index in [-0.39, 0.29) is 83.9 Å². The minimum absolute atomic E-state index is 0. The zero-order chi connectivity index (χ0) is 43.3. The molecule has 61 heavy (non-hydrogen) atoms. The van der Waals surface area contributed by atoms with E-state index < -0.39 is 23.9 Å². The molecule has 4 aliphatic rings. The summed E-state index contributed by atoms with van der Waals surface area (Å²) in [5.41, 5.74) is 10.2. The fourth-order valence-corrected chi connectivity index (χ4v) is 9.97. The van der Waals surface area contributed by atoms with Crippen LogP contribution in [-0.4, -0.2) is 99.0 Å². The van der Waals surface area contributed by atoms with Crippen molar-refractivity contribution in [1.82, 2.24) is 9.80 Å². The maximum atomic E-state index is 13.0. The highest BCUT2D eigenvalue weighted by molar-refractivity contribution is 8.00. The zero-order valence-electron chi connectivity index (χ0n) is 32.7. The molecule has 0 unspecified atom stereocenters. The Kier molecular flexibility index (Phi) is 19.7. The van der Waals surface area contributed by atoms with Crippen LogP contribution in [0.1, 0.15) is 30.5 Å². The summed E-state index contributed by atoms with van der Waals surface area (Å²) >= 11 is 24.6. The molecule has 3 aromatic carbocycles. The van der Waals surface area contributed by atoms with Gasteiger partial charge in [-0.15, -0.1) is 69.9 Å². The Bertz CT molecular complexity index is 2070. The number of thioether (sulfide) groups is 2. The number of carbonyl (C=O) groups is 5. The second kappa shape index (κ2) is 24.1. The van der Waals surface area contributed by atoms with Crippen LogP contribution in [0.25, 0.3) is 0 Å². The fraction of sp³-hybridized carbons (Fsp3) is 0.372. The molecule has 3 aromatic rings. The first-order valence-electron chi connectivity index (χ1n) is 18.5. The lowest BCUT2D eigenvalue weighted by molar-refractivity contribution is -0.156. The largest absolute Gasteiger partial charge is 0.497 e. The minimum Gasteiger partial charge on any atom is -0.497 e. The number of nitrogens with zero attached hydrogens (tertiary/aromatic N) is 2. The van der Waals surface area contributed by atoms with E-state index in [9.17, 15) is 24.0 Å². The van der Waals surface area contributed by atoms with Gasteiger partial charge >= 0.3 is 11.9 Å². The Labute approximate surface area is 384 Å². The molecular weight excluding hydrogens is 908 g/mol. The van der Waals surface area contributed by atoms with Crippen LogP contribution in [0.2, 0.25) is 0 Å². The van der Waals surface area contributed by atoms with Crippen LogP contribution < -0.4 is 15.2 Å². The normalized spacial score (nSPS) is 19.9. The maximum Gasteiger partial charge on any atom is 0.355 e. The van der Waals surface area contributed by atoms with Crippen molar-refractivity contribution < 1.29 is 42.9 Å². The molecule has 0 aromatic heterocycles. The van der Waals surface area contributed by atoms with Crippen molar-refractivity contribution in [3.05, 3.63) is 118 Å². The number of hydrogen-bond donors (Lipinski definition) is 1. The zero-order valence-corrected chi connectivity index (χ0v) is 37.3. The highest BCUT2D eigenvalue weighted by Gasteiger charge is 2.54. The van der Waals surface area contributed by atoms with Crippen molar-refractivity contribution in [2.24, 2.45) is 11.7 Å². The molecular formula is C43H47Cl4N3O9S2. The molecule has 2 amide bonds. The molecule has 4 heterocycles. The van der Waals surface area contributed by atoms with Crippen LogP contribution in [0.5, 0.6) is 11.5 Å². The van der Waals surface area contributed by atoms with Crippen LogP contribution in [0.3, 0.4) is 0 Å². The topological polar surface area (TPSA) is 155 Å².